The average molecular weight is 265 g/mol. The van der Waals surface area contributed by atoms with Crippen molar-refractivity contribution in [3.05, 3.63) is 18.6 Å². The maximum atomic E-state index is 4.50. The molecule has 0 radical (unpaired) electrons. The molecule has 0 fully saturated rings. The zero-order valence-corrected chi connectivity index (χ0v) is 11.6. The van der Waals surface area contributed by atoms with Gasteiger partial charge in [-0.05, 0) is 24.9 Å². The molecule has 0 aliphatic heterocycles. The van der Waals surface area contributed by atoms with E-state index in [1.807, 2.05) is 35.6 Å². The molecule has 18 heavy (non-hydrogen) atoms. The third-order valence-electron chi connectivity index (χ3n) is 2.70. The van der Waals surface area contributed by atoms with Crippen LogP contribution in [0.15, 0.2) is 18.6 Å². The fourth-order valence-corrected chi connectivity index (χ4v) is 2.24. The molecule has 0 amide bonds. The van der Waals surface area contributed by atoms with Gasteiger partial charge in [0.25, 0.3) is 0 Å². The van der Waals surface area contributed by atoms with Gasteiger partial charge < -0.3 is 15.0 Å². The molecule has 0 aromatic carbocycles. The quantitative estimate of drug-likeness (QED) is 0.753. The lowest BCUT2D eigenvalue weighted by Crippen LogP contribution is -2.07. The molecule has 0 bridgehead atoms. The zero-order valence-electron chi connectivity index (χ0n) is 10.8. The van der Waals surface area contributed by atoms with E-state index in [1.54, 1.807) is 6.20 Å². The Morgan fingerprint density at radius 2 is 2.28 bits per heavy atom. The summed E-state index contributed by atoms with van der Waals surface area (Å²) in [6.07, 6.45) is 10.2. The van der Waals surface area contributed by atoms with E-state index in [4.69, 9.17) is 0 Å². The fourth-order valence-electron chi connectivity index (χ4n) is 1.75. The van der Waals surface area contributed by atoms with Gasteiger partial charge in [0.05, 0.1) is 6.20 Å². The summed E-state index contributed by atoms with van der Waals surface area (Å²) >= 11 is 1.89. The minimum atomic E-state index is 0.840. The molecule has 0 atom stereocenters. The summed E-state index contributed by atoms with van der Waals surface area (Å²) in [5, 5.41) is 6.42. The van der Waals surface area contributed by atoms with Crippen LogP contribution in [0.5, 0.6) is 0 Å². The topological polar surface area (TPSA) is 54.2 Å². The summed E-state index contributed by atoms with van der Waals surface area (Å²) in [4.78, 5) is 8.81. The van der Waals surface area contributed by atoms with Gasteiger partial charge >= 0.3 is 0 Å². The minimum Gasteiger partial charge on any atom is -0.372 e. The van der Waals surface area contributed by atoms with E-state index in [0.717, 1.165) is 30.2 Å². The second-order valence-electron chi connectivity index (χ2n) is 4.01. The Labute approximate surface area is 111 Å². The molecular weight excluding hydrogens is 246 g/mol. The van der Waals surface area contributed by atoms with E-state index in [1.165, 1.54) is 12.2 Å². The maximum Gasteiger partial charge on any atom is 0.180 e. The van der Waals surface area contributed by atoms with E-state index in [0.29, 0.717) is 0 Å². The van der Waals surface area contributed by atoms with Gasteiger partial charge in [0.1, 0.15) is 5.82 Å². The monoisotopic (exact) mass is 265 g/mol. The van der Waals surface area contributed by atoms with Crippen molar-refractivity contribution in [2.24, 2.45) is 0 Å². The molecule has 2 aromatic heterocycles. The van der Waals surface area contributed by atoms with E-state index in [-0.39, 0.29) is 0 Å². The van der Waals surface area contributed by atoms with Crippen LogP contribution in [0.4, 0.5) is 11.6 Å². The van der Waals surface area contributed by atoms with Crippen molar-refractivity contribution in [1.29, 1.82) is 0 Å². The molecule has 0 unspecified atom stereocenters. The Bertz CT molecular complexity index is 496. The van der Waals surface area contributed by atoms with Crippen molar-refractivity contribution in [3.8, 4) is 0 Å². The first-order chi connectivity index (χ1) is 8.85. The molecule has 98 valence electrons. The van der Waals surface area contributed by atoms with Crippen molar-refractivity contribution >= 4 is 29.0 Å². The van der Waals surface area contributed by atoms with Crippen molar-refractivity contribution in [1.82, 2.24) is 14.4 Å². The molecule has 2 heterocycles. The first kappa shape index (κ1) is 13.0. The maximum absolute atomic E-state index is 4.50. The molecular formula is C12H19N5S. The smallest absolute Gasteiger partial charge is 0.180 e. The molecule has 0 saturated carbocycles. The summed E-state index contributed by atoms with van der Waals surface area (Å²) < 4.78 is 1.98. The number of nitrogens with zero attached hydrogens (tertiary/aromatic N) is 3. The SMILES string of the molecule is CNc1cn2ccnc2c(NCCCCSC)n1. The number of thioether (sulfide) groups is 1. The number of rotatable bonds is 7. The lowest BCUT2D eigenvalue weighted by Gasteiger charge is -2.09. The number of nitrogens with one attached hydrogen (secondary N) is 2. The van der Waals surface area contributed by atoms with E-state index >= 15 is 0 Å². The second kappa shape index (κ2) is 6.49. The van der Waals surface area contributed by atoms with Gasteiger partial charge in [-0.2, -0.15) is 11.8 Å². The van der Waals surface area contributed by atoms with Crippen molar-refractivity contribution in [2.45, 2.75) is 12.8 Å². The van der Waals surface area contributed by atoms with Crippen LogP contribution in [0.3, 0.4) is 0 Å². The van der Waals surface area contributed by atoms with Crippen molar-refractivity contribution in [2.75, 3.05) is 36.2 Å². The molecule has 2 aromatic rings. The first-order valence-corrected chi connectivity index (χ1v) is 7.49. The molecule has 2 rings (SSSR count). The predicted octanol–water partition coefficient (Wildman–Crippen LogP) is 2.33. The van der Waals surface area contributed by atoms with Gasteiger partial charge in [-0.3, -0.25) is 0 Å². The van der Waals surface area contributed by atoms with Gasteiger partial charge in [0.15, 0.2) is 11.5 Å². The summed E-state index contributed by atoms with van der Waals surface area (Å²) in [7, 11) is 1.87. The number of hydrogen-bond acceptors (Lipinski definition) is 5. The number of hydrogen-bond donors (Lipinski definition) is 2. The van der Waals surface area contributed by atoms with Gasteiger partial charge in [0.2, 0.25) is 0 Å². The summed E-state index contributed by atoms with van der Waals surface area (Å²) in [5.41, 5.74) is 0.874. The van der Waals surface area contributed by atoms with Crippen LogP contribution in [0, 0.1) is 0 Å². The molecule has 0 spiro atoms. The number of anilines is 2. The molecule has 0 saturated heterocycles. The summed E-state index contributed by atoms with van der Waals surface area (Å²) in [6.45, 7) is 0.934. The molecule has 0 aliphatic carbocycles. The van der Waals surface area contributed by atoms with Crippen LogP contribution in [-0.2, 0) is 0 Å². The molecule has 0 aliphatic rings. The minimum absolute atomic E-state index is 0.840. The van der Waals surface area contributed by atoms with Gasteiger partial charge in [-0.25, -0.2) is 9.97 Å². The lowest BCUT2D eigenvalue weighted by atomic mass is 10.3. The van der Waals surface area contributed by atoms with E-state index in [2.05, 4.69) is 26.9 Å². The fraction of sp³-hybridized carbons (Fsp3) is 0.500. The normalized spacial score (nSPS) is 10.8. The highest BCUT2D eigenvalue weighted by atomic mass is 32.2. The predicted molar refractivity (Wildman–Crippen MR) is 78.6 cm³/mol. The lowest BCUT2D eigenvalue weighted by molar-refractivity contribution is 0.839. The average Bonchev–Trinajstić information content (AvgIpc) is 2.86. The van der Waals surface area contributed by atoms with Crippen LogP contribution in [0.25, 0.3) is 5.65 Å². The third kappa shape index (κ3) is 3.07. The van der Waals surface area contributed by atoms with Crippen molar-refractivity contribution < 1.29 is 0 Å². The molecule has 5 nitrogen and oxygen atoms in total. The van der Waals surface area contributed by atoms with E-state index < -0.39 is 0 Å². The standard InChI is InChI=1S/C12H19N5S/c1-13-10-9-17-7-6-15-12(17)11(16-10)14-5-3-4-8-18-2/h6-7,9,13H,3-5,8H2,1-2H3,(H,14,16). The van der Waals surface area contributed by atoms with Crippen LogP contribution in [0.1, 0.15) is 12.8 Å². The number of aromatic nitrogens is 3. The van der Waals surface area contributed by atoms with Crippen LogP contribution in [0.2, 0.25) is 0 Å². The highest BCUT2D eigenvalue weighted by molar-refractivity contribution is 7.98. The Kier molecular flexibility index (Phi) is 4.69. The van der Waals surface area contributed by atoms with Crippen LogP contribution in [-0.4, -0.2) is 40.0 Å². The largest absolute Gasteiger partial charge is 0.372 e. The highest BCUT2D eigenvalue weighted by Crippen LogP contribution is 2.16. The second-order valence-corrected chi connectivity index (χ2v) is 5.00. The summed E-state index contributed by atoms with van der Waals surface area (Å²) in [6, 6.07) is 0. The highest BCUT2D eigenvalue weighted by Gasteiger charge is 2.05. The first-order valence-electron chi connectivity index (χ1n) is 6.09. The number of unbranched alkanes of at least 4 members (excludes halogenated alkanes) is 1. The van der Waals surface area contributed by atoms with E-state index in [9.17, 15) is 0 Å². The number of imidazole rings is 1. The summed E-state index contributed by atoms with van der Waals surface area (Å²) in [5.74, 6) is 2.90. The molecule has 6 heteroatoms. The Hall–Kier alpha value is -1.43. The van der Waals surface area contributed by atoms with Crippen LogP contribution < -0.4 is 10.6 Å². The van der Waals surface area contributed by atoms with Crippen molar-refractivity contribution in [3.63, 3.8) is 0 Å². The Morgan fingerprint density at radius 1 is 1.39 bits per heavy atom. The third-order valence-corrected chi connectivity index (χ3v) is 3.39. The Balaban J connectivity index is 2.04. The van der Waals surface area contributed by atoms with Gasteiger partial charge in [0, 0.05) is 26.0 Å². The van der Waals surface area contributed by atoms with Gasteiger partial charge in [-0.1, -0.05) is 0 Å². The van der Waals surface area contributed by atoms with Crippen LogP contribution >= 0.6 is 11.8 Å². The zero-order chi connectivity index (χ0) is 12.8. The van der Waals surface area contributed by atoms with Gasteiger partial charge in [-0.15, -0.1) is 0 Å². The number of fused-ring (bicyclic) bond motifs is 1. The Morgan fingerprint density at radius 3 is 3.06 bits per heavy atom. The molecule has 2 N–H and O–H groups in total.